The highest BCUT2D eigenvalue weighted by Crippen LogP contribution is 2.23. The van der Waals surface area contributed by atoms with E-state index in [0.717, 1.165) is 25.2 Å². The average molecular weight is 219 g/mol. The van der Waals surface area contributed by atoms with Crippen molar-refractivity contribution < 1.29 is 0 Å². The van der Waals surface area contributed by atoms with Crippen LogP contribution in [0.25, 0.3) is 0 Å². The maximum atomic E-state index is 5.97. The third-order valence-electron chi connectivity index (χ3n) is 3.46. The lowest BCUT2D eigenvalue weighted by atomic mass is 10.2. The van der Waals surface area contributed by atoms with Crippen molar-refractivity contribution >= 4 is 0 Å². The molecule has 1 aliphatic rings. The second kappa shape index (κ2) is 5.41. The van der Waals surface area contributed by atoms with E-state index in [0.29, 0.717) is 12.1 Å². The third kappa shape index (κ3) is 2.80. The van der Waals surface area contributed by atoms with Crippen molar-refractivity contribution in [1.29, 1.82) is 0 Å². The molecule has 1 saturated carbocycles. The highest BCUT2D eigenvalue weighted by molar-refractivity contribution is 5.03. The topological polar surface area (TPSA) is 42.2 Å². The Labute approximate surface area is 97.7 Å². The zero-order valence-corrected chi connectivity index (χ0v) is 9.97. The zero-order chi connectivity index (χ0) is 11.4. The van der Waals surface area contributed by atoms with Crippen LogP contribution in [-0.2, 0) is 6.54 Å². The molecule has 1 heterocycles. The van der Waals surface area contributed by atoms with Gasteiger partial charge in [-0.05, 0) is 37.9 Å². The van der Waals surface area contributed by atoms with Crippen molar-refractivity contribution in [1.82, 2.24) is 9.88 Å². The molecule has 0 bridgehead atoms. The number of aromatic nitrogens is 1. The highest BCUT2D eigenvalue weighted by atomic mass is 15.2. The maximum absolute atomic E-state index is 5.97. The fraction of sp³-hybridized carbons (Fsp3) is 0.615. The van der Waals surface area contributed by atoms with Crippen LogP contribution in [0.2, 0.25) is 0 Å². The third-order valence-corrected chi connectivity index (χ3v) is 3.46. The van der Waals surface area contributed by atoms with Crippen LogP contribution in [0, 0.1) is 0 Å². The van der Waals surface area contributed by atoms with Crippen molar-refractivity contribution in [2.24, 2.45) is 5.73 Å². The molecular weight excluding hydrogens is 198 g/mol. The Bertz CT molecular complexity index is 312. The van der Waals surface area contributed by atoms with Gasteiger partial charge in [-0.3, -0.25) is 9.88 Å². The van der Waals surface area contributed by atoms with E-state index in [-0.39, 0.29) is 0 Å². The molecule has 1 aromatic heterocycles. The van der Waals surface area contributed by atoms with E-state index in [1.54, 1.807) is 0 Å². The summed E-state index contributed by atoms with van der Waals surface area (Å²) in [7, 11) is 0. The normalized spacial score (nSPS) is 25.2. The Morgan fingerprint density at radius 1 is 1.44 bits per heavy atom. The minimum atomic E-state index is 0.405. The van der Waals surface area contributed by atoms with Gasteiger partial charge in [0.25, 0.3) is 0 Å². The van der Waals surface area contributed by atoms with Crippen LogP contribution >= 0.6 is 0 Å². The molecule has 2 rings (SSSR count). The number of rotatable bonds is 4. The predicted molar refractivity (Wildman–Crippen MR) is 65.9 cm³/mol. The fourth-order valence-electron chi connectivity index (χ4n) is 2.52. The van der Waals surface area contributed by atoms with E-state index in [4.69, 9.17) is 5.73 Å². The maximum Gasteiger partial charge on any atom is 0.0544 e. The summed E-state index contributed by atoms with van der Waals surface area (Å²) in [5.74, 6) is 0. The Balaban J connectivity index is 1.96. The SMILES string of the molecule is CCN(Cc1ccccn1)C1CCC(N)C1. The molecule has 2 unspecified atom stereocenters. The predicted octanol–water partition coefficient (Wildman–Crippen LogP) is 1.78. The standard InChI is InChI=1S/C13H21N3/c1-2-16(13-7-6-11(14)9-13)10-12-5-3-4-8-15-12/h3-5,8,11,13H,2,6-7,9-10,14H2,1H3. The first-order chi connectivity index (χ1) is 7.79. The van der Waals surface area contributed by atoms with Crippen molar-refractivity contribution in [3.63, 3.8) is 0 Å². The lowest BCUT2D eigenvalue weighted by Gasteiger charge is -2.27. The van der Waals surface area contributed by atoms with Crippen molar-refractivity contribution in [3.8, 4) is 0 Å². The highest BCUT2D eigenvalue weighted by Gasteiger charge is 2.26. The lowest BCUT2D eigenvalue weighted by molar-refractivity contribution is 0.196. The van der Waals surface area contributed by atoms with E-state index in [1.807, 2.05) is 12.3 Å². The summed E-state index contributed by atoms with van der Waals surface area (Å²) in [6, 6.07) is 7.17. The van der Waals surface area contributed by atoms with E-state index in [2.05, 4.69) is 28.9 Å². The summed E-state index contributed by atoms with van der Waals surface area (Å²) in [5.41, 5.74) is 7.13. The Morgan fingerprint density at radius 3 is 2.88 bits per heavy atom. The molecule has 88 valence electrons. The number of nitrogens with zero attached hydrogens (tertiary/aromatic N) is 2. The fourth-order valence-corrected chi connectivity index (χ4v) is 2.52. The molecule has 16 heavy (non-hydrogen) atoms. The molecular formula is C13H21N3. The molecule has 2 N–H and O–H groups in total. The van der Waals surface area contributed by atoms with Gasteiger partial charge in [-0.25, -0.2) is 0 Å². The van der Waals surface area contributed by atoms with E-state index in [1.165, 1.54) is 12.8 Å². The number of hydrogen-bond acceptors (Lipinski definition) is 3. The van der Waals surface area contributed by atoms with Crippen LogP contribution in [0.4, 0.5) is 0 Å². The Morgan fingerprint density at radius 2 is 2.31 bits per heavy atom. The number of hydrogen-bond donors (Lipinski definition) is 1. The van der Waals surface area contributed by atoms with Gasteiger partial charge in [-0.2, -0.15) is 0 Å². The van der Waals surface area contributed by atoms with Gasteiger partial charge in [-0.1, -0.05) is 13.0 Å². The van der Waals surface area contributed by atoms with Crippen molar-refractivity contribution in [2.45, 2.75) is 44.8 Å². The lowest BCUT2D eigenvalue weighted by Crippen LogP contribution is -2.34. The van der Waals surface area contributed by atoms with Gasteiger partial charge in [0.15, 0.2) is 0 Å². The summed E-state index contributed by atoms with van der Waals surface area (Å²) >= 11 is 0. The smallest absolute Gasteiger partial charge is 0.0544 e. The van der Waals surface area contributed by atoms with Crippen LogP contribution in [0.1, 0.15) is 31.9 Å². The molecule has 0 radical (unpaired) electrons. The Hall–Kier alpha value is -0.930. The van der Waals surface area contributed by atoms with Crippen LogP contribution in [0.15, 0.2) is 24.4 Å². The van der Waals surface area contributed by atoms with E-state index < -0.39 is 0 Å². The molecule has 1 aromatic rings. The first-order valence-electron chi connectivity index (χ1n) is 6.19. The summed E-state index contributed by atoms with van der Waals surface area (Å²) in [5, 5.41) is 0. The number of nitrogens with two attached hydrogens (primary N) is 1. The zero-order valence-electron chi connectivity index (χ0n) is 9.97. The van der Waals surface area contributed by atoms with Crippen LogP contribution in [0.5, 0.6) is 0 Å². The minimum absolute atomic E-state index is 0.405. The van der Waals surface area contributed by atoms with Crippen molar-refractivity contribution in [3.05, 3.63) is 30.1 Å². The van der Waals surface area contributed by atoms with E-state index in [9.17, 15) is 0 Å². The summed E-state index contributed by atoms with van der Waals surface area (Å²) in [6.07, 6.45) is 5.41. The quantitative estimate of drug-likeness (QED) is 0.839. The molecule has 0 aliphatic heterocycles. The van der Waals surface area contributed by atoms with Gasteiger partial charge >= 0.3 is 0 Å². The van der Waals surface area contributed by atoms with Gasteiger partial charge in [0.2, 0.25) is 0 Å². The summed E-state index contributed by atoms with van der Waals surface area (Å²) in [6.45, 7) is 4.25. The summed E-state index contributed by atoms with van der Waals surface area (Å²) < 4.78 is 0. The Kier molecular flexibility index (Phi) is 3.91. The average Bonchev–Trinajstić information content (AvgIpc) is 2.74. The van der Waals surface area contributed by atoms with E-state index >= 15 is 0 Å². The van der Waals surface area contributed by atoms with Crippen LogP contribution < -0.4 is 5.73 Å². The molecule has 2 atom stereocenters. The van der Waals surface area contributed by atoms with Gasteiger partial charge in [-0.15, -0.1) is 0 Å². The first-order valence-corrected chi connectivity index (χ1v) is 6.19. The van der Waals surface area contributed by atoms with Crippen LogP contribution in [-0.4, -0.2) is 28.5 Å². The molecule has 0 amide bonds. The first kappa shape index (κ1) is 11.6. The van der Waals surface area contributed by atoms with Gasteiger partial charge in [0.05, 0.1) is 5.69 Å². The second-order valence-electron chi connectivity index (χ2n) is 4.61. The number of pyridine rings is 1. The van der Waals surface area contributed by atoms with Gasteiger partial charge in [0, 0.05) is 24.8 Å². The molecule has 0 spiro atoms. The van der Waals surface area contributed by atoms with Crippen molar-refractivity contribution in [2.75, 3.05) is 6.54 Å². The van der Waals surface area contributed by atoms with Gasteiger partial charge < -0.3 is 5.73 Å². The monoisotopic (exact) mass is 219 g/mol. The molecule has 3 nitrogen and oxygen atoms in total. The molecule has 3 heteroatoms. The molecule has 1 aliphatic carbocycles. The summed E-state index contributed by atoms with van der Waals surface area (Å²) in [4.78, 5) is 6.88. The second-order valence-corrected chi connectivity index (χ2v) is 4.61. The molecule has 1 fully saturated rings. The minimum Gasteiger partial charge on any atom is -0.328 e. The van der Waals surface area contributed by atoms with Crippen LogP contribution in [0.3, 0.4) is 0 Å². The largest absolute Gasteiger partial charge is 0.328 e. The van der Waals surface area contributed by atoms with Gasteiger partial charge in [0.1, 0.15) is 0 Å². The molecule has 0 saturated heterocycles. The molecule has 0 aromatic carbocycles.